The molecular formula is CCoO2S. The molecule has 4 heteroatoms. The molecule has 0 saturated carbocycles. The average molecular weight is 135 g/mol. The molecule has 31 valence electrons. The van der Waals surface area contributed by atoms with Gasteiger partial charge < -0.3 is 10.2 Å². The fourth-order valence-electron chi connectivity index (χ4n) is 0. The maximum atomic E-state index is 8.70. The molecule has 0 rings (SSSR count). The molecule has 0 aromatic rings. The first-order chi connectivity index (χ1) is 1.73. The van der Waals surface area contributed by atoms with Crippen molar-refractivity contribution in [1.82, 2.24) is 0 Å². The summed E-state index contributed by atoms with van der Waals surface area (Å²) in [7, 11) is 0. The van der Waals surface area contributed by atoms with E-state index in [1.807, 2.05) is 0 Å². The van der Waals surface area contributed by atoms with Crippen LogP contribution in [-0.2, 0) is 16.8 Å². The zero-order valence-electron chi connectivity index (χ0n) is 2.06. The standard InChI is InChI=1S/CH2O2S.Co/c2-1(3)4;/h(H2,2,3,4);/q;+2/p-2. The van der Waals surface area contributed by atoms with Gasteiger partial charge in [0.05, 0.1) is 0 Å². The molecule has 0 fully saturated rings. The van der Waals surface area contributed by atoms with E-state index in [-0.39, 0.29) is 16.8 Å². The van der Waals surface area contributed by atoms with Crippen LogP contribution in [0.2, 0.25) is 0 Å². The normalized spacial score (nSPS) is 4.80. The monoisotopic (exact) mass is 135 g/mol. The van der Waals surface area contributed by atoms with E-state index in [1.54, 1.807) is 0 Å². The van der Waals surface area contributed by atoms with Crippen molar-refractivity contribution in [2.24, 2.45) is 0 Å². The van der Waals surface area contributed by atoms with Crippen LogP contribution in [-0.4, -0.2) is 5.24 Å². The summed E-state index contributed by atoms with van der Waals surface area (Å²) in [6.45, 7) is 0. The molecule has 0 aromatic carbocycles. The molecule has 0 atom stereocenters. The molecule has 0 N–H and O–H groups in total. The molecule has 0 saturated heterocycles. The van der Waals surface area contributed by atoms with Gasteiger partial charge in [0, 0.05) is 0 Å². The van der Waals surface area contributed by atoms with Gasteiger partial charge in [-0.05, 0) is 0 Å². The van der Waals surface area contributed by atoms with Gasteiger partial charge >= 0.3 is 16.8 Å². The molecule has 0 aliphatic carbocycles. The second kappa shape index (κ2) is 4.20. The first-order valence-electron chi connectivity index (χ1n) is 0.612. The van der Waals surface area contributed by atoms with E-state index < -0.39 is 5.24 Å². The molecule has 0 amide bonds. The van der Waals surface area contributed by atoms with Crippen LogP contribution >= 0.6 is 12.2 Å². The topological polar surface area (TPSA) is 46.1 Å². The molecular weight excluding hydrogens is 135 g/mol. The Balaban J connectivity index is 0. The fourth-order valence-corrected chi connectivity index (χ4v) is 0. The number of rotatable bonds is 0. The van der Waals surface area contributed by atoms with Gasteiger partial charge in [-0.3, -0.25) is 0 Å². The molecule has 0 unspecified atom stereocenters. The Bertz CT molecular complexity index is 32.6. The average Bonchev–Trinajstić information content (AvgIpc) is 0.811. The molecule has 0 aliphatic heterocycles. The molecule has 0 aliphatic rings. The zero-order chi connectivity index (χ0) is 3.58. The number of hydrogen-bond donors (Lipinski definition) is 0. The zero-order valence-corrected chi connectivity index (χ0v) is 3.92. The Hall–Kier alpha value is 0.196. The van der Waals surface area contributed by atoms with Crippen molar-refractivity contribution in [1.29, 1.82) is 0 Å². The predicted octanol–water partition coefficient (Wildman–Crippen LogP) is -2.01. The Kier molecular flexibility index (Phi) is 7.52. The van der Waals surface area contributed by atoms with Crippen LogP contribution in [0.15, 0.2) is 0 Å². The van der Waals surface area contributed by atoms with Gasteiger partial charge in [-0.25, -0.2) is 0 Å². The summed E-state index contributed by atoms with van der Waals surface area (Å²) in [6.07, 6.45) is 0. The molecule has 0 aromatic heterocycles. The summed E-state index contributed by atoms with van der Waals surface area (Å²) in [4.78, 5) is 0. The fraction of sp³-hybridized carbons (Fsp3) is 0. The third kappa shape index (κ3) is 524. The van der Waals surface area contributed by atoms with E-state index in [4.69, 9.17) is 10.2 Å². The molecule has 1 radical (unpaired) electrons. The van der Waals surface area contributed by atoms with Crippen LogP contribution in [0.1, 0.15) is 0 Å². The quantitative estimate of drug-likeness (QED) is 0.360. The first-order valence-corrected chi connectivity index (χ1v) is 1.02. The van der Waals surface area contributed by atoms with Gasteiger partial charge in [0.25, 0.3) is 0 Å². The summed E-state index contributed by atoms with van der Waals surface area (Å²) in [5.41, 5.74) is 0. The van der Waals surface area contributed by atoms with Crippen LogP contribution in [0, 0.1) is 0 Å². The van der Waals surface area contributed by atoms with Gasteiger partial charge in [0.15, 0.2) is 0 Å². The van der Waals surface area contributed by atoms with Crippen molar-refractivity contribution in [2.75, 3.05) is 0 Å². The molecule has 0 bridgehead atoms. The van der Waals surface area contributed by atoms with Crippen molar-refractivity contribution in [3.8, 4) is 0 Å². The Morgan fingerprint density at radius 3 is 1.40 bits per heavy atom. The summed E-state index contributed by atoms with van der Waals surface area (Å²) < 4.78 is 0. The summed E-state index contributed by atoms with van der Waals surface area (Å²) in [5, 5.41) is 15.9. The predicted molar refractivity (Wildman–Crippen MR) is 12.6 cm³/mol. The van der Waals surface area contributed by atoms with Crippen molar-refractivity contribution in [3.05, 3.63) is 0 Å². The minimum Gasteiger partial charge on any atom is -0.876 e. The van der Waals surface area contributed by atoms with Crippen molar-refractivity contribution < 1.29 is 27.0 Å². The van der Waals surface area contributed by atoms with Gasteiger partial charge in [-0.2, -0.15) is 0 Å². The molecule has 0 spiro atoms. The van der Waals surface area contributed by atoms with Crippen LogP contribution in [0.3, 0.4) is 0 Å². The molecule has 5 heavy (non-hydrogen) atoms. The second-order valence-corrected chi connectivity index (χ2v) is 0.583. The van der Waals surface area contributed by atoms with Crippen LogP contribution < -0.4 is 10.2 Å². The van der Waals surface area contributed by atoms with Gasteiger partial charge in [0.2, 0.25) is 0 Å². The van der Waals surface area contributed by atoms with E-state index >= 15 is 0 Å². The van der Waals surface area contributed by atoms with Crippen LogP contribution in [0.5, 0.6) is 0 Å². The van der Waals surface area contributed by atoms with E-state index in [0.29, 0.717) is 0 Å². The molecule has 2 nitrogen and oxygen atoms in total. The summed E-state index contributed by atoms with van der Waals surface area (Å²) in [6, 6.07) is 0. The Morgan fingerprint density at radius 2 is 1.40 bits per heavy atom. The van der Waals surface area contributed by atoms with Gasteiger partial charge in [-0.1, -0.05) is 0 Å². The van der Waals surface area contributed by atoms with Crippen molar-refractivity contribution >= 4 is 17.5 Å². The van der Waals surface area contributed by atoms with Gasteiger partial charge in [0.1, 0.15) is 0 Å². The van der Waals surface area contributed by atoms with E-state index in [1.165, 1.54) is 0 Å². The first kappa shape index (κ1) is 8.96. The Morgan fingerprint density at radius 1 is 1.40 bits per heavy atom. The SMILES string of the molecule is [Co+2].[O-]C([O-])=S. The smallest absolute Gasteiger partial charge is 0.876 e. The largest absolute Gasteiger partial charge is 2.00 e. The van der Waals surface area contributed by atoms with E-state index in [0.717, 1.165) is 0 Å². The van der Waals surface area contributed by atoms with E-state index in [2.05, 4.69) is 12.2 Å². The minimum atomic E-state index is -1.50. The third-order valence-electron chi connectivity index (χ3n) is 0. The minimum absolute atomic E-state index is 0. The van der Waals surface area contributed by atoms with Crippen LogP contribution in [0.25, 0.3) is 0 Å². The summed E-state index contributed by atoms with van der Waals surface area (Å²) in [5.74, 6) is 0. The Labute approximate surface area is 45.0 Å². The van der Waals surface area contributed by atoms with Crippen molar-refractivity contribution in [2.45, 2.75) is 0 Å². The van der Waals surface area contributed by atoms with Crippen molar-refractivity contribution in [3.63, 3.8) is 0 Å². The number of thiocarbonyl (C=S) groups is 1. The van der Waals surface area contributed by atoms with Crippen LogP contribution in [0.4, 0.5) is 0 Å². The number of hydrogen-bond acceptors (Lipinski definition) is 3. The maximum absolute atomic E-state index is 8.70. The second-order valence-electron chi connectivity index (χ2n) is 0.250. The van der Waals surface area contributed by atoms with E-state index in [9.17, 15) is 0 Å². The van der Waals surface area contributed by atoms with Gasteiger partial charge in [-0.15, -0.1) is 17.5 Å². The maximum Gasteiger partial charge on any atom is 2.00 e. The molecule has 0 heterocycles. The third-order valence-corrected chi connectivity index (χ3v) is 0. The summed E-state index contributed by atoms with van der Waals surface area (Å²) >= 11 is 3.43.